The summed E-state index contributed by atoms with van der Waals surface area (Å²) in [5, 5.41) is 25.9. The van der Waals surface area contributed by atoms with Crippen LogP contribution in [0.3, 0.4) is 0 Å². The van der Waals surface area contributed by atoms with Crippen molar-refractivity contribution in [1.29, 1.82) is 5.26 Å². The third-order valence-electron chi connectivity index (χ3n) is 7.65. The number of anilines is 1. The number of nitrogens with one attached hydrogen (secondary N) is 2. The number of aromatic nitrogens is 4. The lowest BCUT2D eigenvalue weighted by molar-refractivity contribution is -0.137. The maximum absolute atomic E-state index is 13.6. The monoisotopic (exact) mass is 557 g/mol. The van der Waals surface area contributed by atoms with Crippen LogP contribution < -0.4 is 10.6 Å². The molecule has 2 aromatic carbocycles. The maximum atomic E-state index is 13.6. The zero-order chi connectivity index (χ0) is 29.0. The van der Waals surface area contributed by atoms with Gasteiger partial charge in [-0.3, -0.25) is 0 Å². The average molecular weight is 558 g/mol. The van der Waals surface area contributed by atoms with Gasteiger partial charge in [-0.2, -0.15) is 23.5 Å². The second-order valence-electron chi connectivity index (χ2n) is 10.3. The maximum Gasteiger partial charge on any atom is 0.416 e. The summed E-state index contributed by atoms with van der Waals surface area (Å²) in [5.41, 5.74) is 2.27. The molecule has 0 radical (unpaired) electrons. The van der Waals surface area contributed by atoms with Crippen LogP contribution in [0.25, 0.3) is 22.5 Å². The summed E-state index contributed by atoms with van der Waals surface area (Å²) in [4.78, 5) is 9.13. The highest BCUT2D eigenvalue weighted by Gasteiger charge is 2.32. The molecule has 0 aliphatic carbocycles. The van der Waals surface area contributed by atoms with Crippen molar-refractivity contribution >= 4 is 5.95 Å². The molecule has 10 heteroatoms. The minimum Gasteiger partial charge on any atom is -0.351 e. The van der Waals surface area contributed by atoms with E-state index in [1.165, 1.54) is 12.1 Å². The van der Waals surface area contributed by atoms with Gasteiger partial charge in [-0.15, -0.1) is 5.10 Å². The van der Waals surface area contributed by atoms with Crippen LogP contribution in [0.15, 0.2) is 66.9 Å². The van der Waals surface area contributed by atoms with Gasteiger partial charge < -0.3 is 10.6 Å². The summed E-state index contributed by atoms with van der Waals surface area (Å²) < 4.78 is 40.8. The van der Waals surface area contributed by atoms with Gasteiger partial charge in [0.15, 0.2) is 0 Å². The van der Waals surface area contributed by atoms with Gasteiger partial charge in [0.1, 0.15) is 11.8 Å². The SMILES string of the molecule is CC(c1ccccc1)[C@@H](C)Nc1nccc(-c2c(-c3cccc(C(F)(F)F)c3)nnc(C3CCNCC3)c2C#N)n1. The standard InChI is InChI=1S/C31H30F3N7/c1-19(21-7-4-3-5-8-21)20(2)38-30-37-16-13-26(39-30)27-25(18-35)28(22-11-14-36-15-12-22)40-41-29(27)23-9-6-10-24(17-23)31(32,33)34/h3-10,13,16-17,19-20,22,36H,11-12,14-15H2,1-2H3,(H,37,38,39)/t19?,20-/m1/s1. The van der Waals surface area contributed by atoms with Crippen LogP contribution in [0.5, 0.6) is 0 Å². The molecule has 3 heterocycles. The average Bonchev–Trinajstić information content (AvgIpc) is 3.00. The summed E-state index contributed by atoms with van der Waals surface area (Å²) in [6, 6.07) is 18.9. The van der Waals surface area contributed by atoms with Gasteiger partial charge in [0.25, 0.3) is 0 Å². The summed E-state index contributed by atoms with van der Waals surface area (Å²) >= 11 is 0. The lowest BCUT2D eigenvalue weighted by Gasteiger charge is -2.24. The van der Waals surface area contributed by atoms with E-state index < -0.39 is 11.7 Å². The molecule has 0 spiro atoms. The number of benzene rings is 2. The molecule has 1 aliphatic heterocycles. The van der Waals surface area contributed by atoms with E-state index in [1.807, 2.05) is 25.1 Å². The predicted molar refractivity (Wildman–Crippen MR) is 151 cm³/mol. The summed E-state index contributed by atoms with van der Waals surface area (Å²) in [6.07, 6.45) is -1.41. The van der Waals surface area contributed by atoms with E-state index in [1.54, 1.807) is 12.3 Å². The molecule has 4 aromatic rings. The van der Waals surface area contributed by atoms with E-state index in [0.717, 1.165) is 43.6 Å². The van der Waals surface area contributed by atoms with Gasteiger partial charge >= 0.3 is 6.18 Å². The molecule has 0 saturated carbocycles. The molecule has 1 saturated heterocycles. The lowest BCUT2D eigenvalue weighted by atomic mass is 9.88. The molecule has 210 valence electrons. The minimum atomic E-state index is -4.53. The number of nitriles is 1. The quantitative estimate of drug-likeness (QED) is 0.265. The van der Waals surface area contributed by atoms with E-state index in [4.69, 9.17) is 4.98 Å². The number of piperidine rings is 1. The summed E-state index contributed by atoms with van der Waals surface area (Å²) in [6.45, 7) is 5.70. The number of halogens is 3. The largest absolute Gasteiger partial charge is 0.416 e. The molecule has 41 heavy (non-hydrogen) atoms. The van der Waals surface area contributed by atoms with E-state index >= 15 is 0 Å². The molecule has 7 nitrogen and oxygen atoms in total. The van der Waals surface area contributed by atoms with Gasteiger partial charge in [0.2, 0.25) is 5.95 Å². The number of rotatable bonds is 7. The van der Waals surface area contributed by atoms with Crippen molar-refractivity contribution in [3.8, 4) is 28.6 Å². The molecule has 1 aliphatic rings. The van der Waals surface area contributed by atoms with Crippen molar-refractivity contribution in [2.45, 2.75) is 50.7 Å². The smallest absolute Gasteiger partial charge is 0.351 e. The van der Waals surface area contributed by atoms with Crippen molar-refractivity contribution in [3.05, 3.63) is 89.2 Å². The Morgan fingerprint density at radius 3 is 2.46 bits per heavy atom. The number of alkyl halides is 3. The fraction of sp³-hybridized carbons (Fsp3) is 0.323. The van der Waals surface area contributed by atoms with Crippen LogP contribution in [-0.4, -0.2) is 39.3 Å². The normalized spacial score (nSPS) is 15.6. The molecule has 2 aromatic heterocycles. The van der Waals surface area contributed by atoms with Gasteiger partial charge in [-0.1, -0.05) is 49.4 Å². The topological polar surface area (TPSA) is 99.4 Å². The first-order chi connectivity index (χ1) is 19.8. The Hall–Kier alpha value is -4.36. The van der Waals surface area contributed by atoms with Crippen molar-refractivity contribution in [2.75, 3.05) is 18.4 Å². The van der Waals surface area contributed by atoms with E-state index in [2.05, 4.69) is 50.9 Å². The van der Waals surface area contributed by atoms with Crippen molar-refractivity contribution in [3.63, 3.8) is 0 Å². The van der Waals surface area contributed by atoms with Crippen LogP contribution in [0.1, 0.15) is 60.9 Å². The van der Waals surface area contributed by atoms with Crippen LogP contribution in [0.2, 0.25) is 0 Å². The highest BCUT2D eigenvalue weighted by atomic mass is 19.4. The van der Waals surface area contributed by atoms with E-state index in [9.17, 15) is 18.4 Å². The first kappa shape index (κ1) is 28.2. The Labute approximate surface area is 236 Å². The first-order valence-corrected chi connectivity index (χ1v) is 13.6. The van der Waals surface area contributed by atoms with Gasteiger partial charge in [0, 0.05) is 35.2 Å². The molecule has 0 bridgehead atoms. The second-order valence-corrected chi connectivity index (χ2v) is 10.3. The van der Waals surface area contributed by atoms with Crippen LogP contribution in [-0.2, 0) is 6.18 Å². The molecule has 2 N–H and O–H groups in total. The van der Waals surface area contributed by atoms with Crippen molar-refractivity contribution in [2.24, 2.45) is 0 Å². The first-order valence-electron chi connectivity index (χ1n) is 13.6. The number of hydrogen-bond acceptors (Lipinski definition) is 7. The Morgan fingerprint density at radius 2 is 1.76 bits per heavy atom. The molecule has 2 atom stereocenters. The Bertz CT molecular complexity index is 1540. The predicted octanol–water partition coefficient (Wildman–Crippen LogP) is 6.56. The number of hydrogen-bond donors (Lipinski definition) is 2. The fourth-order valence-corrected chi connectivity index (χ4v) is 5.18. The van der Waals surface area contributed by atoms with Gasteiger partial charge in [-0.25, -0.2) is 9.97 Å². The summed E-state index contributed by atoms with van der Waals surface area (Å²) in [7, 11) is 0. The van der Waals surface area contributed by atoms with E-state index in [0.29, 0.717) is 22.9 Å². The highest BCUT2D eigenvalue weighted by molar-refractivity contribution is 5.84. The lowest BCUT2D eigenvalue weighted by Crippen LogP contribution is -2.27. The van der Waals surface area contributed by atoms with Crippen LogP contribution in [0.4, 0.5) is 19.1 Å². The number of nitrogens with zero attached hydrogens (tertiary/aromatic N) is 5. The Morgan fingerprint density at radius 1 is 1.00 bits per heavy atom. The van der Waals surface area contributed by atoms with Gasteiger partial charge in [0.05, 0.1) is 22.5 Å². The second kappa shape index (κ2) is 12.0. The fourth-order valence-electron chi connectivity index (χ4n) is 5.18. The highest BCUT2D eigenvalue weighted by Crippen LogP contribution is 2.39. The third kappa shape index (κ3) is 6.20. The molecule has 1 fully saturated rings. The van der Waals surface area contributed by atoms with Crippen LogP contribution in [0, 0.1) is 11.3 Å². The molecule has 5 rings (SSSR count). The Kier molecular flexibility index (Phi) is 8.26. The molecule has 1 unspecified atom stereocenters. The van der Waals surface area contributed by atoms with Crippen molar-refractivity contribution in [1.82, 2.24) is 25.5 Å². The van der Waals surface area contributed by atoms with Crippen molar-refractivity contribution < 1.29 is 13.2 Å². The molecular weight excluding hydrogens is 527 g/mol. The Balaban J connectivity index is 1.60. The van der Waals surface area contributed by atoms with E-state index in [-0.39, 0.29) is 34.7 Å². The third-order valence-corrected chi connectivity index (χ3v) is 7.65. The zero-order valence-electron chi connectivity index (χ0n) is 22.8. The zero-order valence-corrected chi connectivity index (χ0v) is 22.8. The summed E-state index contributed by atoms with van der Waals surface area (Å²) in [5.74, 6) is 0.490. The minimum absolute atomic E-state index is 0.00103. The van der Waals surface area contributed by atoms with Gasteiger partial charge in [-0.05, 0) is 56.6 Å². The molecule has 0 amide bonds. The van der Waals surface area contributed by atoms with Crippen LogP contribution >= 0.6 is 0 Å². The molecular formula is C31H30F3N7.